The van der Waals surface area contributed by atoms with Crippen LogP contribution in [0.1, 0.15) is 24.5 Å². The lowest BCUT2D eigenvalue weighted by molar-refractivity contribution is -0.137. The zero-order chi connectivity index (χ0) is 18.4. The van der Waals surface area contributed by atoms with Gasteiger partial charge in [0.1, 0.15) is 11.5 Å². The molecule has 1 N–H and O–H groups in total. The summed E-state index contributed by atoms with van der Waals surface area (Å²) in [6, 6.07) is 15.4. The van der Waals surface area contributed by atoms with E-state index in [1.165, 1.54) is 0 Å². The molecule has 25 heavy (non-hydrogen) atoms. The van der Waals surface area contributed by atoms with Gasteiger partial charge in [-0.1, -0.05) is 47.1 Å². The molecule has 0 fully saturated rings. The van der Waals surface area contributed by atoms with Crippen molar-refractivity contribution in [3.8, 4) is 11.5 Å². The number of halogens is 1. The minimum absolute atomic E-state index is 0.0520. The van der Waals surface area contributed by atoms with Crippen molar-refractivity contribution in [3.05, 3.63) is 64.1 Å². The number of hydrogen-bond donors (Lipinski definition) is 1. The van der Waals surface area contributed by atoms with Gasteiger partial charge in [-0.25, -0.2) is 0 Å². The molecule has 0 saturated heterocycles. The zero-order valence-corrected chi connectivity index (χ0v) is 16.0. The van der Waals surface area contributed by atoms with Gasteiger partial charge in [0.05, 0.1) is 20.6 Å². The standard InChI is InChI=1S/C20H21BrO4/c1-13(12-18(22)23)20(21)19(14-4-8-16(24-2)9-5-14)15-6-10-17(25-3)11-7-15/h4-11,13H,12H2,1-3H3,(H,22,23). The molecular weight excluding hydrogens is 384 g/mol. The normalized spacial score (nSPS) is 11.5. The summed E-state index contributed by atoms with van der Waals surface area (Å²) in [5.74, 6) is 0.560. The molecule has 1 unspecified atom stereocenters. The third-order valence-electron chi connectivity index (χ3n) is 3.91. The van der Waals surface area contributed by atoms with Crippen LogP contribution in [0.15, 0.2) is 53.0 Å². The van der Waals surface area contributed by atoms with Gasteiger partial charge in [0.25, 0.3) is 0 Å². The summed E-state index contributed by atoms with van der Waals surface area (Å²) < 4.78 is 11.3. The van der Waals surface area contributed by atoms with Gasteiger partial charge in [-0.3, -0.25) is 4.79 Å². The molecular formula is C20H21BrO4. The first-order valence-electron chi connectivity index (χ1n) is 7.86. The average molecular weight is 405 g/mol. The summed E-state index contributed by atoms with van der Waals surface area (Å²) in [5, 5.41) is 9.12. The maximum atomic E-state index is 11.1. The molecule has 0 spiro atoms. The van der Waals surface area contributed by atoms with E-state index in [-0.39, 0.29) is 12.3 Å². The van der Waals surface area contributed by atoms with Crippen LogP contribution in [-0.2, 0) is 4.79 Å². The molecule has 1 atom stereocenters. The van der Waals surface area contributed by atoms with Gasteiger partial charge in [-0.05, 0) is 46.9 Å². The number of carboxylic acid groups (broad SMARTS) is 1. The number of benzene rings is 2. The smallest absolute Gasteiger partial charge is 0.303 e. The molecule has 0 bridgehead atoms. The van der Waals surface area contributed by atoms with E-state index in [1.807, 2.05) is 55.5 Å². The maximum absolute atomic E-state index is 11.1. The Morgan fingerprint density at radius 2 is 1.36 bits per heavy atom. The lowest BCUT2D eigenvalue weighted by Gasteiger charge is -2.17. The Kier molecular flexibility index (Phi) is 6.65. The number of aliphatic carboxylic acids is 1. The van der Waals surface area contributed by atoms with E-state index in [1.54, 1.807) is 14.2 Å². The highest BCUT2D eigenvalue weighted by Gasteiger charge is 2.18. The second-order valence-corrected chi connectivity index (χ2v) is 6.53. The summed E-state index contributed by atoms with van der Waals surface area (Å²) >= 11 is 3.64. The Morgan fingerprint density at radius 3 is 1.68 bits per heavy atom. The van der Waals surface area contributed by atoms with Crippen molar-refractivity contribution < 1.29 is 19.4 Å². The zero-order valence-electron chi connectivity index (χ0n) is 14.5. The van der Waals surface area contributed by atoms with Gasteiger partial charge in [0.2, 0.25) is 0 Å². The monoisotopic (exact) mass is 404 g/mol. The Balaban J connectivity index is 2.54. The van der Waals surface area contributed by atoms with E-state index >= 15 is 0 Å². The van der Waals surface area contributed by atoms with E-state index in [4.69, 9.17) is 14.6 Å². The second kappa shape index (κ2) is 8.72. The molecule has 0 aromatic heterocycles. The van der Waals surface area contributed by atoms with Crippen molar-refractivity contribution in [2.24, 2.45) is 5.92 Å². The van der Waals surface area contributed by atoms with E-state index in [0.717, 1.165) is 32.7 Å². The molecule has 0 radical (unpaired) electrons. The summed E-state index contributed by atoms with van der Waals surface area (Å²) in [6.07, 6.45) is 0.0520. The molecule has 0 aliphatic carbocycles. The molecule has 0 saturated carbocycles. The quantitative estimate of drug-likeness (QED) is 0.707. The summed E-state index contributed by atoms with van der Waals surface area (Å²) in [5.41, 5.74) is 2.92. The largest absolute Gasteiger partial charge is 0.497 e. The molecule has 2 aromatic carbocycles. The number of hydrogen-bond acceptors (Lipinski definition) is 3. The Hall–Kier alpha value is -2.27. The van der Waals surface area contributed by atoms with Crippen LogP contribution < -0.4 is 9.47 Å². The highest BCUT2D eigenvalue weighted by molar-refractivity contribution is 9.11. The van der Waals surface area contributed by atoms with Crippen LogP contribution in [0.5, 0.6) is 11.5 Å². The molecule has 132 valence electrons. The van der Waals surface area contributed by atoms with E-state index in [9.17, 15) is 4.79 Å². The maximum Gasteiger partial charge on any atom is 0.303 e. The van der Waals surface area contributed by atoms with Crippen molar-refractivity contribution in [3.63, 3.8) is 0 Å². The minimum Gasteiger partial charge on any atom is -0.497 e. The fraction of sp³-hybridized carbons (Fsp3) is 0.250. The highest BCUT2D eigenvalue weighted by Crippen LogP contribution is 2.36. The van der Waals surface area contributed by atoms with Crippen LogP contribution in [0.2, 0.25) is 0 Å². The van der Waals surface area contributed by atoms with Gasteiger partial charge < -0.3 is 14.6 Å². The van der Waals surface area contributed by atoms with Crippen LogP contribution in [0.25, 0.3) is 5.57 Å². The molecule has 2 aromatic rings. The summed E-state index contributed by atoms with van der Waals surface area (Å²) in [4.78, 5) is 11.1. The summed E-state index contributed by atoms with van der Waals surface area (Å²) in [7, 11) is 3.25. The van der Waals surface area contributed by atoms with Crippen molar-refractivity contribution in [1.29, 1.82) is 0 Å². The number of methoxy groups -OCH3 is 2. The minimum atomic E-state index is -0.826. The van der Waals surface area contributed by atoms with Gasteiger partial charge in [0, 0.05) is 4.48 Å². The first kappa shape index (κ1) is 19.1. The number of allylic oxidation sites excluding steroid dienone is 1. The molecule has 0 amide bonds. The Labute approximate surface area is 156 Å². The number of rotatable bonds is 7. The number of carboxylic acids is 1. The van der Waals surface area contributed by atoms with Gasteiger partial charge in [-0.2, -0.15) is 0 Å². The third-order valence-corrected chi connectivity index (χ3v) is 5.09. The first-order valence-corrected chi connectivity index (χ1v) is 8.66. The van der Waals surface area contributed by atoms with E-state index in [2.05, 4.69) is 15.9 Å². The topological polar surface area (TPSA) is 55.8 Å². The lowest BCUT2D eigenvalue weighted by Crippen LogP contribution is -2.06. The van der Waals surface area contributed by atoms with Crippen LogP contribution in [0, 0.1) is 5.92 Å². The summed E-state index contributed by atoms with van der Waals surface area (Å²) in [6.45, 7) is 1.89. The number of ether oxygens (including phenoxy) is 2. The molecule has 5 heteroatoms. The second-order valence-electron chi connectivity index (χ2n) is 5.68. The third kappa shape index (κ3) is 4.86. The number of carbonyl (C=O) groups is 1. The SMILES string of the molecule is COc1ccc(C(=C(Br)C(C)CC(=O)O)c2ccc(OC)cc2)cc1. The fourth-order valence-corrected chi connectivity index (χ4v) is 3.18. The van der Waals surface area contributed by atoms with Gasteiger partial charge in [0.15, 0.2) is 0 Å². The Morgan fingerprint density at radius 1 is 0.960 bits per heavy atom. The van der Waals surface area contributed by atoms with Crippen LogP contribution in [0.4, 0.5) is 0 Å². The van der Waals surface area contributed by atoms with Crippen molar-refractivity contribution >= 4 is 27.5 Å². The van der Waals surface area contributed by atoms with E-state index < -0.39 is 5.97 Å². The lowest BCUT2D eigenvalue weighted by atomic mass is 9.93. The predicted molar refractivity (Wildman–Crippen MR) is 102 cm³/mol. The molecule has 0 aliphatic heterocycles. The van der Waals surface area contributed by atoms with Crippen molar-refractivity contribution in [1.82, 2.24) is 0 Å². The fourth-order valence-electron chi connectivity index (χ4n) is 2.56. The molecule has 2 rings (SSSR count). The van der Waals surface area contributed by atoms with Gasteiger partial charge in [-0.15, -0.1) is 0 Å². The van der Waals surface area contributed by atoms with Crippen LogP contribution in [-0.4, -0.2) is 25.3 Å². The Bertz CT molecular complexity index is 699. The molecule has 0 aliphatic rings. The predicted octanol–water partition coefficient (Wildman–Crippen LogP) is 4.97. The molecule has 0 heterocycles. The van der Waals surface area contributed by atoms with Gasteiger partial charge >= 0.3 is 5.97 Å². The van der Waals surface area contributed by atoms with Crippen LogP contribution in [0.3, 0.4) is 0 Å². The first-order chi connectivity index (χ1) is 12.0. The van der Waals surface area contributed by atoms with Crippen molar-refractivity contribution in [2.75, 3.05) is 14.2 Å². The highest BCUT2D eigenvalue weighted by atomic mass is 79.9. The molecule has 4 nitrogen and oxygen atoms in total. The van der Waals surface area contributed by atoms with Crippen LogP contribution >= 0.6 is 15.9 Å². The average Bonchev–Trinajstić information content (AvgIpc) is 2.62. The van der Waals surface area contributed by atoms with Crippen molar-refractivity contribution in [2.45, 2.75) is 13.3 Å². The van der Waals surface area contributed by atoms with E-state index in [0.29, 0.717) is 0 Å².